The van der Waals surface area contributed by atoms with Crippen LogP contribution in [0, 0.1) is 0 Å². The van der Waals surface area contributed by atoms with E-state index in [1.54, 1.807) is 11.8 Å². The highest BCUT2D eigenvalue weighted by Gasteiger charge is 2.14. The van der Waals surface area contributed by atoms with Crippen LogP contribution in [0.5, 0.6) is 0 Å². The minimum Gasteiger partial charge on any atom is -0.345 e. The number of rotatable bonds is 7. The molecule has 5 aromatic rings. The van der Waals surface area contributed by atoms with Crippen LogP contribution < -0.4 is 5.32 Å². The first-order chi connectivity index (χ1) is 15.7. The average molecular weight is 442 g/mol. The van der Waals surface area contributed by atoms with Crippen molar-refractivity contribution in [1.82, 2.24) is 24.8 Å². The van der Waals surface area contributed by atoms with Crippen molar-refractivity contribution in [3.05, 3.63) is 89.7 Å². The summed E-state index contributed by atoms with van der Waals surface area (Å²) in [6, 6.07) is 23.7. The number of nitrogens with one attached hydrogen (secondary N) is 2. The van der Waals surface area contributed by atoms with Gasteiger partial charge >= 0.3 is 0 Å². The van der Waals surface area contributed by atoms with E-state index in [9.17, 15) is 4.79 Å². The highest BCUT2D eigenvalue weighted by atomic mass is 32.2. The van der Waals surface area contributed by atoms with Crippen molar-refractivity contribution < 1.29 is 4.79 Å². The molecular formula is C25H23N5OS. The maximum atomic E-state index is 13.0. The van der Waals surface area contributed by atoms with Crippen LogP contribution in [0.25, 0.3) is 22.1 Å². The predicted molar refractivity (Wildman–Crippen MR) is 129 cm³/mol. The second kappa shape index (κ2) is 8.88. The summed E-state index contributed by atoms with van der Waals surface area (Å²) in [5.41, 5.74) is 5.64. The maximum absolute atomic E-state index is 13.0. The SMILES string of the molecule is CCn1c(CNC(=O)c2ccccc2CSc2nc3ccccc3[nH]2)nc2ccccc21. The third-order valence-corrected chi connectivity index (χ3v) is 6.37. The van der Waals surface area contributed by atoms with Gasteiger partial charge in [-0.05, 0) is 42.8 Å². The van der Waals surface area contributed by atoms with Gasteiger partial charge in [0.05, 0.1) is 28.6 Å². The second-order valence-electron chi connectivity index (χ2n) is 7.45. The number of benzene rings is 3. The van der Waals surface area contributed by atoms with E-state index in [0.29, 0.717) is 17.9 Å². The molecule has 0 aliphatic heterocycles. The summed E-state index contributed by atoms with van der Waals surface area (Å²) in [6.45, 7) is 3.27. The van der Waals surface area contributed by atoms with Crippen LogP contribution >= 0.6 is 11.8 Å². The molecule has 6 nitrogen and oxygen atoms in total. The van der Waals surface area contributed by atoms with Crippen LogP contribution in [0.4, 0.5) is 0 Å². The minimum absolute atomic E-state index is 0.0967. The number of hydrogen-bond donors (Lipinski definition) is 2. The molecule has 0 aliphatic rings. The standard InChI is InChI=1S/C25H23N5OS/c1-2-30-22-14-8-7-13-21(22)27-23(30)15-26-24(31)18-10-4-3-9-17(18)16-32-25-28-19-11-5-6-12-20(19)29-25/h3-14H,2,15-16H2,1H3,(H,26,31)(H,28,29). The van der Waals surface area contributed by atoms with Gasteiger partial charge in [-0.2, -0.15) is 0 Å². The van der Waals surface area contributed by atoms with Crippen LogP contribution in [0.2, 0.25) is 0 Å². The highest BCUT2D eigenvalue weighted by molar-refractivity contribution is 7.98. The Kier molecular flexibility index (Phi) is 5.64. The lowest BCUT2D eigenvalue weighted by Crippen LogP contribution is -2.25. The number of aromatic amines is 1. The lowest BCUT2D eigenvalue weighted by Gasteiger charge is -2.10. The Labute approximate surface area is 190 Å². The van der Waals surface area contributed by atoms with Crippen molar-refractivity contribution in [1.29, 1.82) is 0 Å². The quantitative estimate of drug-likeness (QED) is 0.342. The largest absolute Gasteiger partial charge is 0.345 e. The number of amides is 1. The number of carbonyl (C=O) groups excluding carboxylic acids is 1. The lowest BCUT2D eigenvalue weighted by molar-refractivity contribution is 0.0949. The monoisotopic (exact) mass is 441 g/mol. The Balaban J connectivity index is 1.30. The molecular weight excluding hydrogens is 418 g/mol. The normalized spacial score (nSPS) is 11.3. The van der Waals surface area contributed by atoms with Gasteiger partial charge in [0.15, 0.2) is 5.16 Å². The molecule has 0 saturated heterocycles. The Morgan fingerprint density at radius 2 is 1.72 bits per heavy atom. The van der Waals surface area contributed by atoms with Gasteiger partial charge in [-0.1, -0.05) is 54.2 Å². The smallest absolute Gasteiger partial charge is 0.251 e. The van der Waals surface area contributed by atoms with E-state index >= 15 is 0 Å². The minimum atomic E-state index is -0.0967. The fourth-order valence-corrected chi connectivity index (χ4v) is 4.77. The zero-order valence-electron chi connectivity index (χ0n) is 17.7. The van der Waals surface area contributed by atoms with Gasteiger partial charge in [-0.25, -0.2) is 9.97 Å². The first-order valence-electron chi connectivity index (χ1n) is 10.6. The molecule has 0 radical (unpaired) electrons. The number of fused-ring (bicyclic) bond motifs is 2. The Hall–Kier alpha value is -3.58. The van der Waals surface area contributed by atoms with Crippen molar-refractivity contribution >= 4 is 39.7 Å². The van der Waals surface area contributed by atoms with Crippen LogP contribution in [0.3, 0.4) is 0 Å². The van der Waals surface area contributed by atoms with E-state index in [2.05, 4.69) is 32.8 Å². The number of imidazole rings is 2. The molecule has 0 aliphatic carbocycles. The van der Waals surface area contributed by atoms with Crippen molar-refractivity contribution in [2.24, 2.45) is 0 Å². The summed E-state index contributed by atoms with van der Waals surface area (Å²) < 4.78 is 2.14. The fraction of sp³-hybridized carbons (Fsp3) is 0.160. The molecule has 0 bridgehead atoms. The Morgan fingerprint density at radius 1 is 0.969 bits per heavy atom. The van der Waals surface area contributed by atoms with Gasteiger partial charge in [0, 0.05) is 17.9 Å². The van der Waals surface area contributed by atoms with Crippen LogP contribution in [-0.2, 0) is 18.8 Å². The third kappa shape index (κ3) is 3.99. The number of nitrogens with zero attached hydrogens (tertiary/aromatic N) is 3. The lowest BCUT2D eigenvalue weighted by atomic mass is 10.1. The second-order valence-corrected chi connectivity index (χ2v) is 8.41. The summed E-state index contributed by atoms with van der Waals surface area (Å²) in [7, 11) is 0. The van der Waals surface area contributed by atoms with Gasteiger partial charge in [-0.15, -0.1) is 0 Å². The van der Waals surface area contributed by atoms with Crippen molar-refractivity contribution in [2.45, 2.75) is 30.9 Å². The molecule has 1 amide bonds. The maximum Gasteiger partial charge on any atom is 0.251 e. The summed E-state index contributed by atoms with van der Waals surface area (Å²) in [6.07, 6.45) is 0. The highest BCUT2D eigenvalue weighted by Crippen LogP contribution is 2.25. The van der Waals surface area contributed by atoms with E-state index in [0.717, 1.165) is 45.2 Å². The Morgan fingerprint density at radius 3 is 2.56 bits per heavy atom. The topological polar surface area (TPSA) is 75.6 Å². The number of thioether (sulfide) groups is 1. The summed E-state index contributed by atoms with van der Waals surface area (Å²) in [4.78, 5) is 25.7. The molecule has 2 heterocycles. The molecule has 0 fully saturated rings. The molecule has 7 heteroatoms. The van der Waals surface area contributed by atoms with Crippen LogP contribution in [0.15, 0.2) is 78.0 Å². The van der Waals surface area contributed by atoms with Crippen molar-refractivity contribution in [2.75, 3.05) is 0 Å². The fourth-order valence-electron chi connectivity index (χ4n) is 3.88. The number of aromatic nitrogens is 4. The summed E-state index contributed by atoms with van der Waals surface area (Å²) in [5.74, 6) is 1.41. The van der Waals surface area contributed by atoms with E-state index in [4.69, 9.17) is 4.98 Å². The number of para-hydroxylation sites is 4. The number of hydrogen-bond acceptors (Lipinski definition) is 4. The van der Waals surface area contributed by atoms with E-state index in [-0.39, 0.29) is 5.91 Å². The molecule has 2 aromatic heterocycles. The molecule has 0 unspecified atom stereocenters. The number of aryl methyl sites for hydroxylation is 1. The first kappa shape index (κ1) is 20.3. The molecule has 0 saturated carbocycles. The zero-order valence-corrected chi connectivity index (χ0v) is 18.5. The number of H-pyrrole nitrogens is 1. The van der Waals surface area contributed by atoms with Crippen LogP contribution in [0.1, 0.15) is 28.7 Å². The molecule has 5 rings (SSSR count). The molecule has 0 spiro atoms. The van der Waals surface area contributed by atoms with E-state index in [1.807, 2.05) is 66.7 Å². The molecule has 32 heavy (non-hydrogen) atoms. The van der Waals surface area contributed by atoms with Gasteiger partial charge in [-0.3, -0.25) is 4.79 Å². The Bertz CT molecular complexity index is 1370. The van der Waals surface area contributed by atoms with E-state index in [1.165, 1.54) is 0 Å². The van der Waals surface area contributed by atoms with Gasteiger partial charge in [0.25, 0.3) is 5.91 Å². The van der Waals surface area contributed by atoms with Gasteiger partial charge < -0.3 is 14.9 Å². The molecule has 160 valence electrons. The zero-order chi connectivity index (χ0) is 21.9. The average Bonchev–Trinajstić information content (AvgIpc) is 3.41. The molecule has 2 N–H and O–H groups in total. The van der Waals surface area contributed by atoms with Gasteiger partial charge in [0.1, 0.15) is 5.82 Å². The molecule has 0 atom stereocenters. The van der Waals surface area contributed by atoms with Gasteiger partial charge in [0.2, 0.25) is 0 Å². The van der Waals surface area contributed by atoms with Crippen molar-refractivity contribution in [3.8, 4) is 0 Å². The van der Waals surface area contributed by atoms with Crippen LogP contribution in [-0.4, -0.2) is 25.4 Å². The predicted octanol–water partition coefficient (Wildman–Crippen LogP) is 5.15. The number of carbonyl (C=O) groups is 1. The van der Waals surface area contributed by atoms with Crippen molar-refractivity contribution in [3.63, 3.8) is 0 Å². The summed E-state index contributed by atoms with van der Waals surface area (Å²) >= 11 is 1.59. The van der Waals surface area contributed by atoms with E-state index < -0.39 is 0 Å². The first-order valence-corrected chi connectivity index (χ1v) is 11.6. The summed E-state index contributed by atoms with van der Waals surface area (Å²) in [5, 5.41) is 3.90. The third-order valence-electron chi connectivity index (χ3n) is 5.45. The molecule has 3 aromatic carbocycles.